The number of carbonyl (C=O) groups is 1. The summed E-state index contributed by atoms with van der Waals surface area (Å²) in [6.07, 6.45) is 0.844. The lowest BCUT2D eigenvalue weighted by Gasteiger charge is -2.35. The van der Waals surface area contributed by atoms with Crippen molar-refractivity contribution in [2.45, 2.75) is 39.8 Å². The molecule has 1 fully saturated rings. The average Bonchev–Trinajstić information content (AvgIpc) is 3.17. The zero-order chi connectivity index (χ0) is 21.1. The van der Waals surface area contributed by atoms with E-state index in [0.29, 0.717) is 32.1 Å². The highest BCUT2D eigenvalue weighted by atomic mass is 16.5. The molecule has 30 heavy (non-hydrogen) atoms. The Hall–Kier alpha value is -3.00. The van der Waals surface area contributed by atoms with E-state index in [-0.39, 0.29) is 12.1 Å². The van der Waals surface area contributed by atoms with Crippen LogP contribution in [-0.2, 0) is 11.3 Å². The van der Waals surface area contributed by atoms with E-state index in [1.807, 2.05) is 31.2 Å². The fraction of sp³-hybridized carbons (Fsp3) is 0.455. The van der Waals surface area contributed by atoms with Crippen LogP contribution >= 0.6 is 0 Å². The number of fused-ring (bicyclic) bond motifs is 1. The fourth-order valence-electron chi connectivity index (χ4n) is 3.83. The minimum absolute atomic E-state index is 0.216. The molecule has 0 spiro atoms. The lowest BCUT2D eigenvalue weighted by Crippen LogP contribution is -2.44. The third-order valence-electron chi connectivity index (χ3n) is 5.40. The predicted octanol–water partition coefficient (Wildman–Crippen LogP) is 3.22. The Morgan fingerprint density at radius 1 is 1.23 bits per heavy atom. The molecular weight excluding hydrogens is 380 g/mol. The number of aromatic nitrogens is 2. The molecule has 2 aromatic rings. The zero-order valence-electron chi connectivity index (χ0n) is 17.7. The molecule has 4 rings (SSSR count). The second-order valence-corrected chi connectivity index (χ2v) is 7.49. The third-order valence-corrected chi connectivity index (χ3v) is 5.40. The van der Waals surface area contributed by atoms with E-state index in [0.717, 1.165) is 47.0 Å². The van der Waals surface area contributed by atoms with Crippen molar-refractivity contribution in [1.82, 2.24) is 15.3 Å². The van der Waals surface area contributed by atoms with E-state index in [1.165, 1.54) is 0 Å². The normalized spacial score (nSPS) is 18.0. The number of urea groups is 1. The van der Waals surface area contributed by atoms with Gasteiger partial charge in [0.05, 0.1) is 37.2 Å². The van der Waals surface area contributed by atoms with Gasteiger partial charge in [-0.15, -0.1) is 0 Å². The Labute approximate surface area is 176 Å². The molecular formula is C22H28N6O2. The number of hydrogen-bond donors (Lipinski definition) is 2. The van der Waals surface area contributed by atoms with E-state index in [4.69, 9.17) is 19.7 Å². The van der Waals surface area contributed by atoms with Gasteiger partial charge in [-0.2, -0.15) is 0 Å². The van der Waals surface area contributed by atoms with E-state index >= 15 is 0 Å². The van der Waals surface area contributed by atoms with Gasteiger partial charge < -0.3 is 20.3 Å². The van der Waals surface area contributed by atoms with Crippen LogP contribution in [0.25, 0.3) is 11.4 Å². The molecule has 1 aromatic heterocycles. The molecule has 0 bridgehead atoms. The van der Waals surface area contributed by atoms with Crippen LogP contribution in [0.2, 0.25) is 0 Å². The fourth-order valence-corrected chi connectivity index (χ4v) is 3.83. The van der Waals surface area contributed by atoms with Crippen LogP contribution in [0.1, 0.15) is 38.4 Å². The highest BCUT2D eigenvalue weighted by molar-refractivity contribution is 6.03. The lowest BCUT2D eigenvalue weighted by atomic mass is 10.1. The number of aliphatic imine (C=N–C) groups is 1. The van der Waals surface area contributed by atoms with Crippen molar-refractivity contribution < 1.29 is 9.53 Å². The first-order chi connectivity index (χ1) is 14.6. The number of rotatable bonds is 5. The van der Waals surface area contributed by atoms with Crippen LogP contribution in [0.3, 0.4) is 0 Å². The average molecular weight is 409 g/mol. The summed E-state index contributed by atoms with van der Waals surface area (Å²) in [6.45, 7) is 9.55. The largest absolute Gasteiger partial charge is 0.377 e. The molecule has 0 aliphatic carbocycles. The number of anilines is 2. The summed E-state index contributed by atoms with van der Waals surface area (Å²) in [6, 6.07) is 7.65. The molecule has 0 radical (unpaired) electrons. The molecule has 2 aliphatic rings. The summed E-state index contributed by atoms with van der Waals surface area (Å²) in [7, 11) is 0. The van der Waals surface area contributed by atoms with E-state index < -0.39 is 0 Å². The van der Waals surface area contributed by atoms with Gasteiger partial charge in [0.15, 0.2) is 5.82 Å². The van der Waals surface area contributed by atoms with Crippen LogP contribution < -0.4 is 15.5 Å². The second-order valence-electron chi connectivity index (χ2n) is 7.49. The molecule has 8 heteroatoms. The molecule has 0 unspecified atom stereocenters. The summed E-state index contributed by atoms with van der Waals surface area (Å²) in [5.41, 5.74) is 4.73. The number of nitrogens with zero attached hydrogens (tertiary/aromatic N) is 4. The number of nitrogens with one attached hydrogen (secondary N) is 2. The SMILES string of the molecule is CCNC(=O)Nc1ccc(-c2nc3c(c(N4CCOC[C@@H]4C)n2)CN=C3CC)cc1. The molecule has 8 nitrogen and oxygen atoms in total. The van der Waals surface area contributed by atoms with Crippen LogP contribution in [0.15, 0.2) is 29.3 Å². The van der Waals surface area contributed by atoms with Crippen LogP contribution in [0, 0.1) is 0 Å². The highest BCUT2D eigenvalue weighted by Crippen LogP contribution is 2.32. The maximum absolute atomic E-state index is 11.7. The van der Waals surface area contributed by atoms with Crippen molar-refractivity contribution in [3.8, 4) is 11.4 Å². The second kappa shape index (κ2) is 8.79. The first-order valence-electron chi connectivity index (χ1n) is 10.5. The summed E-state index contributed by atoms with van der Waals surface area (Å²) in [5, 5.41) is 5.54. The quantitative estimate of drug-likeness (QED) is 0.793. The number of carbonyl (C=O) groups excluding carboxylic acids is 1. The topological polar surface area (TPSA) is 91.7 Å². The number of hydrogen-bond acceptors (Lipinski definition) is 6. The zero-order valence-corrected chi connectivity index (χ0v) is 17.7. The maximum atomic E-state index is 11.7. The van der Waals surface area contributed by atoms with Gasteiger partial charge >= 0.3 is 6.03 Å². The summed E-state index contributed by atoms with van der Waals surface area (Å²) >= 11 is 0. The van der Waals surface area contributed by atoms with Crippen molar-refractivity contribution in [1.29, 1.82) is 0 Å². The molecule has 2 amide bonds. The van der Waals surface area contributed by atoms with E-state index in [1.54, 1.807) is 0 Å². The predicted molar refractivity (Wildman–Crippen MR) is 118 cm³/mol. The number of morpholine rings is 1. The summed E-state index contributed by atoms with van der Waals surface area (Å²) in [4.78, 5) is 28.6. The van der Waals surface area contributed by atoms with Gasteiger partial charge in [-0.1, -0.05) is 6.92 Å². The first-order valence-corrected chi connectivity index (χ1v) is 10.5. The Bertz CT molecular complexity index is 957. The van der Waals surface area contributed by atoms with Gasteiger partial charge in [-0.3, -0.25) is 4.99 Å². The van der Waals surface area contributed by atoms with Crippen molar-refractivity contribution in [2.24, 2.45) is 4.99 Å². The van der Waals surface area contributed by atoms with Crippen LogP contribution in [-0.4, -0.2) is 54.1 Å². The highest BCUT2D eigenvalue weighted by Gasteiger charge is 2.29. The van der Waals surface area contributed by atoms with E-state index in [2.05, 4.69) is 29.4 Å². The first kappa shape index (κ1) is 20.3. The van der Waals surface area contributed by atoms with Crippen molar-refractivity contribution in [3.63, 3.8) is 0 Å². The molecule has 3 heterocycles. The van der Waals surface area contributed by atoms with Gasteiger partial charge in [0.1, 0.15) is 5.82 Å². The molecule has 1 aromatic carbocycles. The minimum atomic E-state index is -0.216. The standard InChI is InChI=1S/C22H28N6O2/c1-4-18-19-17(12-24-18)21(28-10-11-30-13-14(28)3)27-20(26-19)15-6-8-16(9-7-15)25-22(29)23-5-2/h6-9,14H,4-5,10-13H2,1-3H3,(H2,23,25,29)/t14-/m0/s1. The Morgan fingerprint density at radius 3 is 2.73 bits per heavy atom. The minimum Gasteiger partial charge on any atom is -0.377 e. The van der Waals surface area contributed by atoms with Gasteiger partial charge in [0.25, 0.3) is 0 Å². The van der Waals surface area contributed by atoms with Crippen LogP contribution in [0.5, 0.6) is 0 Å². The number of benzene rings is 1. The molecule has 158 valence electrons. The van der Waals surface area contributed by atoms with Gasteiger partial charge in [-0.05, 0) is 44.5 Å². The Morgan fingerprint density at radius 2 is 2.03 bits per heavy atom. The molecule has 1 saturated heterocycles. The van der Waals surface area contributed by atoms with Gasteiger partial charge in [0, 0.05) is 29.9 Å². The molecule has 1 atom stereocenters. The van der Waals surface area contributed by atoms with Crippen molar-refractivity contribution >= 4 is 23.2 Å². The third kappa shape index (κ3) is 4.00. The monoisotopic (exact) mass is 408 g/mol. The van der Waals surface area contributed by atoms with Gasteiger partial charge in [0.2, 0.25) is 0 Å². The maximum Gasteiger partial charge on any atom is 0.319 e. The van der Waals surface area contributed by atoms with Crippen molar-refractivity contribution in [2.75, 3.05) is 36.5 Å². The Balaban J connectivity index is 1.69. The lowest BCUT2D eigenvalue weighted by molar-refractivity contribution is 0.0984. The molecule has 0 saturated carbocycles. The molecule has 2 N–H and O–H groups in total. The van der Waals surface area contributed by atoms with Crippen LogP contribution in [0.4, 0.5) is 16.3 Å². The number of ether oxygens (including phenoxy) is 1. The molecule has 2 aliphatic heterocycles. The smallest absolute Gasteiger partial charge is 0.319 e. The van der Waals surface area contributed by atoms with Gasteiger partial charge in [-0.25, -0.2) is 14.8 Å². The van der Waals surface area contributed by atoms with Crippen molar-refractivity contribution in [3.05, 3.63) is 35.5 Å². The summed E-state index contributed by atoms with van der Waals surface area (Å²) in [5.74, 6) is 1.64. The van der Waals surface area contributed by atoms with E-state index in [9.17, 15) is 4.79 Å². The summed E-state index contributed by atoms with van der Waals surface area (Å²) < 4.78 is 5.62. The number of amides is 2. The Kier molecular flexibility index (Phi) is 5.94.